The third kappa shape index (κ3) is 3.41. The van der Waals surface area contributed by atoms with E-state index in [0.29, 0.717) is 30.0 Å². The Morgan fingerprint density at radius 3 is 2.91 bits per heavy atom. The molecule has 120 valence electrons. The smallest absolute Gasteiger partial charge is 0.404 e. The fraction of sp³-hybridized carbons (Fsp3) is 0.467. The number of carbonyl (C=O) groups excluding carboxylic acids is 1. The monoisotopic (exact) mass is 307 g/mol. The predicted molar refractivity (Wildman–Crippen MR) is 82.1 cm³/mol. The maximum absolute atomic E-state index is 12.6. The van der Waals surface area contributed by atoms with Crippen molar-refractivity contribution in [3.8, 4) is 5.75 Å². The molecule has 7 heteroatoms. The zero-order chi connectivity index (χ0) is 16.3. The minimum absolute atomic E-state index is 0.0352. The van der Waals surface area contributed by atoms with Crippen molar-refractivity contribution in [1.29, 1.82) is 0 Å². The number of anilines is 1. The number of hydrogen-bond donors (Lipinski definition) is 3. The van der Waals surface area contributed by atoms with E-state index in [0.717, 1.165) is 0 Å². The first-order valence-corrected chi connectivity index (χ1v) is 7.23. The van der Waals surface area contributed by atoms with Gasteiger partial charge < -0.3 is 25.8 Å². The van der Waals surface area contributed by atoms with Gasteiger partial charge in [-0.25, -0.2) is 4.79 Å². The number of amides is 2. The standard InChI is InChI=1S/C15H21N3O4/c1-9(2)18-7-6-10(8-17-15(20)21)22-13-11(14(18)19)4-3-5-12(13)16/h3-5,9-10,17H,6-8,16H2,1-2H3,(H,20,21). The highest BCUT2D eigenvalue weighted by Crippen LogP contribution is 2.31. The molecule has 0 saturated carbocycles. The van der Waals surface area contributed by atoms with Gasteiger partial charge in [0.15, 0.2) is 5.75 Å². The van der Waals surface area contributed by atoms with E-state index in [1.165, 1.54) is 0 Å². The molecule has 7 nitrogen and oxygen atoms in total. The third-order valence-corrected chi connectivity index (χ3v) is 3.62. The molecular formula is C15H21N3O4. The maximum atomic E-state index is 12.6. The molecule has 22 heavy (non-hydrogen) atoms. The number of carbonyl (C=O) groups is 2. The molecule has 0 bridgehead atoms. The molecule has 0 saturated heterocycles. The molecule has 0 aliphatic carbocycles. The minimum atomic E-state index is -1.11. The number of nitrogens with one attached hydrogen (secondary N) is 1. The summed E-state index contributed by atoms with van der Waals surface area (Å²) >= 11 is 0. The SMILES string of the molecule is CC(C)N1CCC(CNC(=O)O)Oc2c(N)cccc2C1=O. The highest BCUT2D eigenvalue weighted by atomic mass is 16.5. The van der Waals surface area contributed by atoms with Gasteiger partial charge in [-0.2, -0.15) is 0 Å². The van der Waals surface area contributed by atoms with Crippen LogP contribution in [-0.4, -0.2) is 47.2 Å². The second-order valence-electron chi connectivity index (χ2n) is 5.53. The van der Waals surface area contributed by atoms with Gasteiger partial charge >= 0.3 is 6.09 Å². The third-order valence-electron chi connectivity index (χ3n) is 3.62. The van der Waals surface area contributed by atoms with Gasteiger partial charge in [-0.3, -0.25) is 4.79 Å². The molecule has 1 aromatic rings. The average Bonchev–Trinajstić information content (AvgIpc) is 2.43. The van der Waals surface area contributed by atoms with Crippen LogP contribution < -0.4 is 15.8 Å². The molecule has 1 aliphatic heterocycles. The van der Waals surface area contributed by atoms with Crippen LogP contribution in [-0.2, 0) is 0 Å². The van der Waals surface area contributed by atoms with Gasteiger partial charge in [0.1, 0.15) is 6.10 Å². The van der Waals surface area contributed by atoms with Gasteiger partial charge in [0.25, 0.3) is 5.91 Å². The molecule has 1 atom stereocenters. The average molecular weight is 307 g/mol. The van der Waals surface area contributed by atoms with Crippen molar-refractivity contribution < 1.29 is 19.4 Å². The summed E-state index contributed by atoms with van der Waals surface area (Å²) in [5.41, 5.74) is 6.71. The summed E-state index contributed by atoms with van der Waals surface area (Å²) in [5, 5.41) is 11.1. The number of hydrogen-bond acceptors (Lipinski definition) is 4. The lowest BCUT2D eigenvalue weighted by Gasteiger charge is -2.33. The first kappa shape index (κ1) is 15.9. The van der Waals surface area contributed by atoms with Crippen LogP contribution in [0.15, 0.2) is 18.2 Å². The van der Waals surface area contributed by atoms with Crippen molar-refractivity contribution in [3.05, 3.63) is 23.8 Å². The second kappa shape index (κ2) is 6.55. The number of carboxylic acid groups (broad SMARTS) is 1. The topological polar surface area (TPSA) is 105 Å². The van der Waals surface area contributed by atoms with E-state index in [9.17, 15) is 9.59 Å². The molecule has 0 fully saturated rings. The normalized spacial score (nSPS) is 18.2. The van der Waals surface area contributed by atoms with E-state index in [-0.39, 0.29) is 24.6 Å². The van der Waals surface area contributed by atoms with Crippen molar-refractivity contribution in [2.75, 3.05) is 18.8 Å². The summed E-state index contributed by atoms with van der Waals surface area (Å²) < 4.78 is 5.82. The molecule has 4 N–H and O–H groups in total. The molecule has 0 radical (unpaired) electrons. The summed E-state index contributed by atoms with van der Waals surface area (Å²) in [6.45, 7) is 4.52. The van der Waals surface area contributed by atoms with Crippen molar-refractivity contribution in [2.45, 2.75) is 32.4 Å². The Morgan fingerprint density at radius 2 is 2.27 bits per heavy atom. The summed E-state index contributed by atoms with van der Waals surface area (Å²) in [6, 6.07) is 5.08. The van der Waals surface area contributed by atoms with E-state index in [2.05, 4.69) is 5.32 Å². The fourth-order valence-electron chi connectivity index (χ4n) is 2.46. The highest BCUT2D eigenvalue weighted by molar-refractivity contribution is 5.99. The largest absolute Gasteiger partial charge is 0.486 e. The number of para-hydroxylation sites is 1. The highest BCUT2D eigenvalue weighted by Gasteiger charge is 2.28. The van der Waals surface area contributed by atoms with Gasteiger partial charge in [-0.1, -0.05) is 6.07 Å². The lowest BCUT2D eigenvalue weighted by Crippen LogP contribution is -2.44. The zero-order valence-electron chi connectivity index (χ0n) is 12.7. The molecule has 2 amide bonds. The first-order chi connectivity index (χ1) is 10.4. The van der Waals surface area contributed by atoms with Gasteiger partial charge in [0.05, 0.1) is 17.8 Å². The number of nitrogens with two attached hydrogens (primary N) is 1. The molecule has 1 heterocycles. The van der Waals surface area contributed by atoms with E-state index < -0.39 is 6.09 Å². The van der Waals surface area contributed by atoms with E-state index in [1.807, 2.05) is 13.8 Å². The van der Waals surface area contributed by atoms with Crippen molar-refractivity contribution in [1.82, 2.24) is 10.2 Å². The van der Waals surface area contributed by atoms with Crippen molar-refractivity contribution in [2.24, 2.45) is 0 Å². The Morgan fingerprint density at radius 1 is 1.55 bits per heavy atom. The van der Waals surface area contributed by atoms with Crippen LogP contribution in [0, 0.1) is 0 Å². The summed E-state index contributed by atoms with van der Waals surface area (Å²) in [7, 11) is 0. The van der Waals surface area contributed by atoms with Gasteiger partial charge in [-0.05, 0) is 26.0 Å². The van der Waals surface area contributed by atoms with Crippen LogP contribution in [0.1, 0.15) is 30.6 Å². The number of nitrogens with zero attached hydrogens (tertiary/aromatic N) is 1. The molecule has 1 aliphatic rings. The molecule has 2 rings (SSSR count). The number of rotatable bonds is 3. The molecular weight excluding hydrogens is 286 g/mol. The number of fused-ring (bicyclic) bond motifs is 1. The lowest BCUT2D eigenvalue weighted by molar-refractivity contribution is 0.0627. The Labute approximate surface area is 129 Å². The number of benzene rings is 1. The van der Waals surface area contributed by atoms with Crippen LogP contribution in [0.2, 0.25) is 0 Å². The molecule has 0 aromatic heterocycles. The Kier molecular flexibility index (Phi) is 4.75. The molecule has 1 unspecified atom stereocenters. The van der Waals surface area contributed by atoms with Crippen LogP contribution >= 0.6 is 0 Å². The van der Waals surface area contributed by atoms with Gasteiger partial charge in [0.2, 0.25) is 0 Å². The molecule has 1 aromatic carbocycles. The van der Waals surface area contributed by atoms with Gasteiger partial charge in [0, 0.05) is 19.0 Å². The Bertz CT molecular complexity index is 574. The summed E-state index contributed by atoms with van der Waals surface area (Å²) in [6.07, 6.45) is -0.963. The summed E-state index contributed by atoms with van der Waals surface area (Å²) in [4.78, 5) is 25.1. The quantitative estimate of drug-likeness (QED) is 0.735. The second-order valence-corrected chi connectivity index (χ2v) is 5.53. The minimum Gasteiger partial charge on any atom is -0.486 e. The van der Waals surface area contributed by atoms with Crippen LogP contribution in [0.4, 0.5) is 10.5 Å². The number of nitrogen functional groups attached to an aromatic ring is 1. The fourth-order valence-corrected chi connectivity index (χ4v) is 2.46. The van der Waals surface area contributed by atoms with Crippen molar-refractivity contribution in [3.63, 3.8) is 0 Å². The van der Waals surface area contributed by atoms with Crippen LogP contribution in [0.5, 0.6) is 5.75 Å². The Balaban J connectivity index is 2.34. The first-order valence-electron chi connectivity index (χ1n) is 7.23. The van der Waals surface area contributed by atoms with E-state index >= 15 is 0 Å². The zero-order valence-corrected chi connectivity index (χ0v) is 12.7. The Hall–Kier alpha value is -2.44. The number of ether oxygens (including phenoxy) is 1. The molecule has 0 spiro atoms. The van der Waals surface area contributed by atoms with Crippen LogP contribution in [0.25, 0.3) is 0 Å². The van der Waals surface area contributed by atoms with Gasteiger partial charge in [-0.15, -0.1) is 0 Å². The maximum Gasteiger partial charge on any atom is 0.404 e. The summed E-state index contributed by atoms with van der Waals surface area (Å²) in [5.74, 6) is 0.206. The lowest BCUT2D eigenvalue weighted by atomic mass is 10.1. The van der Waals surface area contributed by atoms with Crippen LogP contribution in [0.3, 0.4) is 0 Å². The van der Waals surface area contributed by atoms with Crippen molar-refractivity contribution >= 4 is 17.7 Å². The van der Waals surface area contributed by atoms with E-state index in [1.54, 1.807) is 23.1 Å². The predicted octanol–water partition coefficient (Wildman–Crippen LogP) is 1.54. The van der Waals surface area contributed by atoms with E-state index in [4.69, 9.17) is 15.6 Å².